The minimum absolute atomic E-state index is 0.169. The smallest absolute Gasteiger partial charge is 0.200 e. The number of benzene rings is 2. The molecule has 0 saturated heterocycles. The Morgan fingerprint density at radius 2 is 0.789 bits per heavy atom. The van der Waals surface area contributed by atoms with Crippen molar-refractivity contribution in [2.75, 3.05) is 0 Å². The van der Waals surface area contributed by atoms with Crippen LogP contribution in [0.1, 0.15) is 11.1 Å². The molecule has 2 aromatic rings. The van der Waals surface area contributed by atoms with Crippen LogP contribution in [0.3, 0.4) is 0 Å². The molecule has 0 aliphatic heterocycles. The summed E-state index contributed by atoms with van der Waals surface area (Å²) in [6.45, 7) is 0. The van der Waals surface area contributed by atoms with E-state index in [0.29, 0.717) is 11.1 Å². The van der Waals surface area contributed by atoms with Crippen LogP contribution in [-0.2, 0) is 6.42 Å². The van der Waals surface area contributed by atoms with Gasteiger partial charge in [0.25, 0.3) is 0 Å². The van der Waals surface area contributed by atoms with E-state index in [0.717, 1.165) is 0 Å². The van der Waals surface area contributed by atoms with Gasteiger partial charge in [-0.3, -0.25) is 0 Å². The fourth-order valence-electron chi connectivity index (χ4n) is 1.76. The van der Waals surface area contributed by atoms with E-state index in [4.69, 9.17) is 0 Å². The summed E-state index contributed by atoms with van der Waals surface area (Å²) in [4.78, 5) is 0. The van der Waals surface area contributed by atoms with Crippen LogP contribution in [0.4, 0.5) is 0 Å². The Balaban J connectivity index is 2.36. The van der Waals surface area contributed by atoms with E-state index in [9.17, 15) is 30.6 Å². The first-order valence-corrected chi connectivity index (χ1v) is 5.36. The van der Waals surface area contributed by atoms with E-state index in [1.54, 1.807) is 0 Å². The van der Waals surface area contributed by atoms with Crippen molar-refractivity contribution < 1.29 is 30.6 Å². The summed E-state index contributed by atoms with van der Waals surface area (Å²) >= 11 is 0. The zero-order valence-electron chi connectivity index (χ0n) is 9.70. The van der Waals surface area contributed by atoms with Gasteiger partial charge in [-0.05, 0) is 41.8 Å². The molecule has 6 N–H and O–H groups in total. The van der Waals surface area contributed by atoms with Gasteiger partial charge in [-0.25, -0.2) is 0 Å². The highest BCUT2D eigenvalue weighted by molar-refractivity contribution is 5.54. The van der Waals surface area contributed by atoms with Crippen molar-refractivity contribution in [3.05, 3.63) is 35.4 Å². The lowest BCUT2D eigenvalue weighted by Crippen LogP contribution is -1.89. The lowest BCUT2D eigenvalue weighted by atomic mass is 10.0. The highest BCUT2D eigenvalue weighted by atomic mass is 16.3. The number of phenolic OH excluding ortho intramolecular Hbond substituents is 6. The third-order valence-electron chi connectivity index (χ3n) is 2.67. The summed E-state index contributed by atoms with van der Waals surface area (Å²) in [5.74, 6) is -3.10. The van der Waals surface area contributed by atoms with E-state index in [1.165, 1.54) is 24.3 Å². The van der Waals surface area contributed by atoms with E-state index in [2.05, 4.69) is 0 Å². The molecule has 0 bridgehead atoms. The van der Waals surface area contributed by atoms with Gasteiger partial charge < -0.3 is 30.6 Å². The maximum atomic E-state index is 9.36. The molecule has 6 heteroatoms. The van der Waals surface area contributed by atoms with Crippen LogP contribution in [-0.4, -0.2) is 30.6 Å². The molecule has 0 saturated carbocycles. The Labute approximate surface area is 108 Å². The van der Waals surface area contributed by atoms with Gasteiger partial charge in [-0.2, -0.15) is 0 Å². The first-order chi connectivity index (χ1) is 8.88. The second-order valence-corrected chi connectivity index (χ2v) is 4.14. The average Bonchev–Trinajstić information content (AvgIpc) is 2.33. The Kier molecular flexibility index (Phi) is 3.00. The summed E-state index contributed by atoms with van der Waals surface area (Å²) in [7, 11) is 0. The summed E-state index contributed by atoms with van der Waals surface area (Å²) in [6, 6.07) is 4.98. The molecular weight excluding hydrogens is 252 g/mol. The average molecular weight is 264 g/mol. The molecule has 0 amide bonds. The first kappa shape index (κ1) is 12.7. The molecule has 0 fully saturated rings. The molecule has 0 atom stereocenters. The summed E-state index contributed by atoms with van der Waals surface area (Å²) in [6.07, 6.45) is 0.169. The van der Waals surface area contributed by atoms with Crippen molar-refractivity contribution in [1.29, 1.82) is 0 Å². The highest BCUT2D eigenvalue weighted by Crippen LogP contribution is 2.38. The molecule has 6 nitrogen and oxygen atoms in total. The first-order valence-electron chi connectivity index (χ1n) is 5.36. The summed E-state index contributed by atoms with van der Waals surface area (Å²) < 4.78 is 0. The number of phenols is 6. The van der Waals surface area contributed by atoms with Crippen molar-refractivity contribution in [1.82, 2.24) is 0 Å². The van der Waals surface area contributed by atoms with Crippen molar-refractivity contribution in [2.45, 2.75) is 6.42 Å². The lowest BCUT2D eigenvalue weighted by Gasteiger charge is -2.08. The number of aromatic hydroxyl groups is 6. The number of rotatable bonds is 2. The molecule has 0 aromatic heterocycles. The van der Waals surface area contributed by atoms with Crippen molar-refractivity contribution in [2.24, 2.45) is 0 Å². The fraction of sp³-hybridized carbons (Fsp3) is 0.0769. The van der Waals surface area contributed by atoms with Gasteiger partial charge >= 0.3 is 0 Å². The van der Waals surface area contributed by atoms with Crippen molar-refractivity contribution in [3.8, 4) is 34.5 Å². The van der Waals surface area contributed by atoms with Gasteiger partial charge in [0.05, 0.1) is 0 Å². The molecule has 0 aliphatic rings. The maximum Gasteiger partial charge on any atom is 0.200 e. The largest absolute Gasteiger partial charge is 0.504 e. The van der Waals surface area contributed by atoms with Gasteiger partial charge in [0.15, 0.2) is 34.5 Å². The highest BCUT2D eigenvalue weighted by Gasteiger charge is 2.11. The van der Waals surface area contributed by atoms with Crippen LogP contribution in [0.25, 0.3) is 0 Å². The molecule has 0 radical (unpaired) electrons. The third-order valence-corrected chi connectivity index (χ3v) is 2.67. The van der Waals surface area contributed by atoms with Gasteiger partial charge in [-0.1, -0.05) is 0 Å². The molecule has 0 aliphatic carbocycles. The SMILES string of the molecule is Oc1cc(Cc2cc(O)c(O)c(O)c2)cc(O)c1O. The summed E-state index contributed by atoms with van der Waals surface area (Å²) in [5, 5.41) is 55.9. The number of hydrogen-bond donors (Lipinski definition) is 6. The monoisotopic (exact) mass is 264 g/mol. The zero-order chi connectivity index (χ0) is 14.2. The second-order valence-electron chi connectivity index (χ2n) is 4.14. The van der Waals surface area contributed by atoms with E-state index in [-0.39, 0.29) is 6.42 Å². The standard InChI is InChI=1S/C13H12O6/c14-8-2-6(3-9(15)12(8)18)1-7-4-10(16)13(19)11(17)5-7/h2-5,14-19H,1H2. The molecular formula is C13H12O6. The van der Waals surface area contributed by atoms with Crippen LogP contribution in [0.5, 0.6) is 34.5 Å². The Bertz CT molecular complexity index is 534. The predicted octanol–water partition coefficient (Wildman–Crippen LogP) is 1.51. The van der Waals surface area contributed by atoms with Crippen LogP contribution < -0.4 is 0 Å². The quantitative estimate of drug-likeness (QED) is 0.457. The van der Waals surface area contributed by atoms with Gasteiger partial charge in [-0.15, -0.1) is 0 Å². The van der Waals surface area contributed by atoms with Crippen molar-refractivity contribution >= 4 is 0 Å². The summed E-state index contributed by atoms with van der Waals surface area (Å²) in [5.41, 5.74) is 0.912. The maximum absolute atomic E-state index is 9.36. The molecule has 0 spiro atoms. The molecule has 0 unspecified atom stereocenters. The van der Waals surface area contributed by atoms with Crippen LogP contribution in [0, 0.1) is 0 Å². The van der Waals surface area contributed by atoms with Gasteiger partial charge in [0.1, 0.15) is 0 Å². The fourth-order valence-corrected chi connectivity index (χ4v) is 1.76. The van der Waals surface area contributed by atoms with E-state index >= 15 is 0 Å². The Morgan fingerprint density at radius 3 is 1.05 bits per heavy atom. The Hall–Kier alpha value is -2.76. The predicted molar refractivity (Wildman–Crippen MR) is 65.7 cm³/mol. The minimum atomic E-state index is -0.611. The van der Waals surface area contributed by atoms with Gasteiger partial charge in [0.2, 0.25) is 0 Å². The van der Waals surface area contributed by atoms with E-state index < -0.39 is 34.5 Å². The molecule has 19 heavy (non-hydrogen) atoms. The van der Waals surface area contributed by atoms with Crippen LogP contribution in [0.2, 0.25) is 0 Å². The molecule has 100 valence electrons. The third kappa shape index (κ3) is 2.42. The normalized spacial score (nSPS) is 10.5. The Morgan fingerprint density at radius 1 is 0.526 bits per heavy atom. The van der Waals surface area contributed by atoms with Crippen LogP contribution >= 0.6 is 0 Å². The van der Waals surface area contributed by atoms with E-state index in [1.807, 2.05) is 0 Å². The van der Waals surface area contributed by atoms with Crippen LogP contribution in [0.15, 0.2) is 24.3 Å². The van der Waals surface area contributed by atoms with Crippen molar-refractivity contribution in [3.63, 3.8) is 0 Å². The topological polar surface area (TPSA) is 121 Å². The lowest BCUT2D eigenvalue weighted by molar-refractivity contribution is 0.366. The minimum Gasteiger partial charge on any atom is -0.504 e. The second kappa shape index (κ2) is 4.49. The molecule has 0 heterocycles. The zero-order valence-corrected chi connectivity index (χ0v) is 9.70. The van der Waals surface area contributed by atoms with Gasteiger partial charge in [0, 0.05) is 0 Å². The number of hydrogen-bond acceptors (Lipinski definition) is 6. The molecule has 2 aromatic carbocycles. The molecule has 2 rings (SSSR count).